The number of urea groups is 1. The van der Waals surface area contributed by atoms with E-state index in [9.17, 15) is 4.79 Å². The van der Waals surface area contributed by atoms with Crippen LogP contribution in [-0.4, -0.2) is 56.2 Å². The number of hydrogen-bond acceptors (Lipinski definition) is 4. The zero-order chi connectivity index (χ0) is 20.1. The predicted molar refractivity (Wildman–Crippen MR) is 112 cm³/mol. The highest BCUT2D eigenvalue weighted by molar-refractivity contribution is 6.42. The summed E-state index contributed by atoms with van der Waals surface area (Å²) in [7, 11) is 3.26. The van der Waals surface area contributed by atoms with Crippen LogP contribution in [0.3, 0.4) is 0 Å². The number of amides is 2. The fourth-order valence-corrected chi connectivity index (χ4v) is 3.42. The van der Waals surface area contributed by atoms with E-state index in [-0.39, 0.29) is 6.03 Å². The first-order valence-electron chi connectivity index (χ1n) is 8.94. The number of hydrogen-bond donors (Lipinski definition) is 1. The smallest absolute Gasteiger partial charge is 0.321 e. The van der Waals surface area contributed by atoms with Crippen LogP contribution in [0.15, 0.2) is 36.4 Å². The van der Waals surface area contributed by atoms with Gasteiger partial charge in [-0.2, -0.15) is 0 Å². The molecule has 8 heteroatoms. The third-order valence-electron chi connectivity index (χ3n) is 4.68. The van der Waals surface area contributed by atoms with Crippen molar-refractivity contribution in [2.45, 2.75) is 6.54 Å². The minimum Gasteiger partial charge on any atom is -0.493 e. The molecule has 3 rings (SSSR count). The molecule has 1 N–H and O–H groups in total. The van der Waals surface area contributed by atoms with E-state index in [0.717, 1.165) is 36.7 Å². The van der Waals surface area contributed by atoms with Crippen molar-refractivity contribution < 1.29 is 14.3 Å². The molecule has 0 saturated carbocycles. The number of halogens is 2. The number of anilines is 1. The molecule has 28 heavy (non-hydrogen) atoms. The zero-order valence-electron chi connectivity index (χ0n) is 15.9. The summed E-state index contributed by atoms with van der Waals surface area (Å²) in [5.41, 5.74) is 1.78. The number of benzene rings is 2. The first-order chi connectivity index (χ1) is 13.5. The molecule has 2 amide bonds. The van der Waals surface area contributed by atoms with Crippen LogP contribution < -0.4 is 14.8 Å². The van der Waals surface area contributed by atoms with Gasteiger partial charge in [0.2, 0.25) is 0 Å². The number of ether oxygens (including phenoxy) is 2. The monoisotopic (exact) mass is 423 g/mol. The molecular weight excluding hydrogens is 401 g/mol. The summed E-state index contributed by atoms with van der Waals surface area (Å²) in [4.78, 5) is 16.6. The van der Waals surface area contributed by atoms with Crippen molar-refractivity contribution in [1.29, 1.82) is 0 Å². The molecule has 2 aromatic carbocycles. The Kier molecular flexibility index (Phi) is 6.88. The summed E-state index contributed by atoms with van der Waals surface area (Å²) in [6.07, 6.45) is 0. The Morgan fingerprint density at radius 1 is 0.964 bits per heavy atom. The molecule has 0 bridgehead atoms. The zero-order valence-corrected chi connectivity index (χ0v) is 17.4. The van der Waals surface area contributed by atoms with Crippen LogP contribution in [0.2, 0.25) is 10.0 Å². The summed E-state index contributed by atoms with van der Waals surface area (Å²) in [5.74, 6) is 1.44. The summed E-state index contributed by atoms with van der Waals surface area (Å²) in [6, 6.07) is 10.8. The lowest BCUT2D eigenvalue weighted by Gasteiger charge is -2.34. The van der Waals surface area contributed by atoms with Crippen LogP contribution in [0, 0.1) is 0 Å². The van der Waals surface area contributed by atoms with Crippen LogP contribution in [-0.2, 0) is 6.54 Å². The van der Waals surface area contributed by atoms with Crippen molar-refractivity contribution in [2.75, 3.05) is 45.7 Å². The van der Waals surface area contributed by atoms with Crippen molar-refractivity contribution in [3.8, 4) is 11.5 Å². The Bertz CT molecular complexity index is 839. The van der Waals surface area contributed by atoms with Crippen LogP contribution in [0.1, 0.15) is 5.56 Å². The minimum atomic E-state index is -0.135. The van der Waals surface area contributed by atoms with Gasteiger partial charge in [0.1, 0.15) is 0 Å². The SMILES string of the molecule is COc1ccc(CN2CCN(C(=O)Nc3ccc(Cl)c(Cl)c3)CC2)cc1OC. The highest BCUT2D eigenvalue weighted by Gasteiger charge is 2.21. The van der Waals surface area contributed by atoms with Gasteiger partial charge in [-0.25, -0.2) is 4.79 Å². The molecular formula is C20H23Cl2N3O3. The van der Waals surface area contributed by atoms with E-state index in [4.69, 9.17) is 32.7 Å². The molecule has 1 aliphatic heterocycles. The second kappa shape index (κ2) is 9.37. The van der Waals surface area contributed by atoms with Gasteiger partial charge in [-0.3, -0.25) is 4.90 Å². The topological polar surface area (TPSA) is 54.0 Å². The van der Waals surface area contributed by atoms with Crippen molar-refractivity contribution >= 4 is 34.9 Å². The highest BCUT2D eigenvalue weighted by Crippen LogP contribution is 2.28. The molecule has 1 aliphatic rings. The molecule has 1 saturated heterocycles. The fraction of sp³-hybridized carbons (Fsp3) is 0.350. The normalized spacial score (nSPS) is 14.6. The van der Waals surface area contributed by atoms with Crippen molar-refractivity contribution in [3.05, 3.63) is 52.0 Å². The lowest BCUT2D eigenvalue weighted by Crippen LogP contribution is -2.49. The van der Waals surface area contributed by atoms with Gasteiger partial charge in [0.25, 0.3) is 0 Å². The quantitative estimate of drug-likeness (QED) is 0.775. The molecule has 0 unspecified atom stereocenters. The van der Waals surface area contributed by atoms with Crippen LogP contribution in [0.4, 0.5) is 10.5 Å². The van der Waals surface area contributed by atoms with E-state index < -0.39 is 0 Å². The predicted octanol–water partition coefficient (Wildman–Crippen LogP) is 4.36. The Hall–Kier alpha value is -2.15. The number of rotatable bonds is 5. The first-order valence-corrected chi connectivity index (χ1v) is 9.70. The molecule has 1 heterocycles. The van der Waals surface area contributed by atoms with E-state index in [1.165, 1.54) is 0 Å². The Balaban J connectivity index is 1.52. The third kappa shape index (κ3) is 5.01. The van der Waals surface area contributed by atoms with Crippen molar-refractivity contribution in [3.63, 3.8) is 0 Å². The summed E-state index contributed by atoms with van der Waals surface area (Å²) in [6.45, 7) is 3.69. The molecule has 0 atom stereocenters. The maximum atomic E-state index is 12.5. The standard InChI is InChI=1S/C20H23Cl2N3O3/c1-27-18-6-3-14(11-19(18)28-2)13-24-7-9-25(10-8-24)20(26)23-15-4-5-16(21)17(22)12-15/h3-6,11-12H,7-10,13H2,1-2H3,(H,23,26). The van der Waals surface area contributed by atoms with Gasteiger partial charge in [0, 0.05) is 38.4 Å². The maximum Gasteiger partial charge on any atom is 0.321 e. The lowest BCUT2D eigenvalue weighted by atomic mass is 10.1. The average Bonchev–Trinajstić information content (AvgIpc) is 2.71. The molecule has 0 aromatic heterocycles. The number of nitrogens with one attached hydrogen (secondary N) is 1. The summed E-state index contributed by atoms with van der Waals surface area (Å²) >= 11 is 11.9. The molecule has 150 valence electrons. The van der Waals surface area contributed by atoms with Crippen molar-refractivity contribution in [1.82, 2.24) is 9.80 Å². The van der Waals surface area contributed by atoms with Gasteiger partial charge in [0.15, 0.2) is 11.5 Å². The van der Waals surface area contributed by atoms with Gasteiger partial charge in [0.05, 0.1) is 24.3 Å². The Morgan fingerprint density at radius 2 is 1.68 bits per heavy atom. The fourth-order valence-electron chi connectivity index (χ4n) is 3.12. The third-order valence-corrected chi connectivity index (χ3v) is 5.42. The van der Waals surface area contributed by atoms with Gasteiger partial charge in [-0.15, -0.1) is 0 Å². The van der Waals surface area contributed by atoms with Crippen LogP contribution in [0.25, 0.3) is 0 Å². The minimum absolute atomic E-state index is 0.135. The van der Waals surface area contributed by atoms with E-state index in [1.807, 2.05) is 18.2 Å². The summed E-state index contributed by atoms with van der Waals surface area (Å²) in [5, 5.41) is 3.74. The van der Waals surface area contributed by atoms with Crippen LogP contribution >= 0.6 is 23.2 Å². The number of piperazine rings is 1. The first kappa shape index (κ1) is 20.6. The van der Waals surface area contributed by atoms with Gasteiger partial charge in [-0.1, -0.05) is 29.3 Å². The molecule has 6 nitrogen and oxygen atoms in total. The Labute approximate surface area is 174 Å². The number of methoxy groups -OCH3 is 2. The highest BCUT2D eigenvalue weighted by atomic mass is 35.5. The molecule has 0 radical (unpaired) electrons. The van der Waals surface area contributed by atoms with Gasteiger partial charge in [-0.05, 0) is 35.9 Å². The molecule has 1 fully saturated rings. The second-order valence-corrected chi connectivity index (χ2v) is 7.33. The molecule has 0 aliphatic carbocycles. The summed E-state index contributed by atoms with van der Waals surface area (Å²) < 4.78 is 10.6. The number of carbonyl (C=O) groups excluding carboxylic acids is 1. The second-order valence-electron chi connectivity index (χ2n) is 6.51. The van der Waals surface area contributed by atoms with E-state index in [0.29, 0.717) is 28.8 Å². The largest absolute Gasteiger partial charge is 0.493 e. The van der Waals surface area contributed by atoms with Gasteiger partial charge < -0.3 is 19.7 Å². The van der Waals surface area contributed by atoms with Crippen molar-refractivity contribution in [2.24, 2.45) is 0 Å². The average molecular weight is 424 g/mol. The van der Waals surface area contributed by atoms with E-state index in [2.05, 4.69) is 10.2 Å². The molecule has 0 spiro atoms. The van der Waals surface area contributed by atoms with Crippen LogP contribution in [0.5, 0.6) is 11.5 Å². The van der Waals surface area contributed by atoms with E-state index >= 15 is 0 Å². The molecule has 2 aromatic rings. The van der Waals surface area contributed by atoms with E-state index in [1.54, 1.807) is 37.3 Å². The number of nitrogens with zero attached hydrogens (tertiary/aromatic N) is 2. The van der Waals surface area contributed by atoms with Gasteiger partial charge >= 0.3 is 6.03 Å². The Morgan fingerprint density at radius 3 is 2.32 bits per heavy atom. The maximum absolute atomic E-state index is 12.5. The lowest BCUT2D eigenvalue weighted by molar-refractivity contribution is 0.143. The number of carbonyl (C=O) groups is 1.